The molecule has 1 aliphatic heterocycles. The molecule has 0 aliphatic carbocycles. The Morgan fingerprint density at radius 2 is 1.76 bits per heavy atom. The lowest BCUT2D eigenvalue weighted by Crippen LogP contribution is -2.41. The molecule has 0 bridgehead atoms. The molecule has 1 heterocycles. The summed E-state index contributed by atoms with van der Waals surface area (Å²) in [5, 5.41) is 2.40. The molecule has 5 nitrogen and oxygen atoms in total. The fraction of sp³-hybridized carbons (Fsp3) is 0.333. The molecule has 154 valence electrons. The third-order valence-corrected chi connectivity index (χ3v) is 4.96. The highest BCUT2D eigenvalue weighted by atomic mass is 19.4. The summed E-state index contributed by atoms with van der Waals surface area (Å²) < 4.78 is 44.4. The molecule has 2 aromatic carbocycles. The first-order chi connectivity index (χ1) is 13.8. The topological polar surface area (TPSA) is 58.6 Å². The van der Waals surface area contributed by atoms with E-state index in [1.165, 1.54) is 25.3 Å². The second-order valence-corrected chi connectivity index (χ2v) is 6.83. The van der Waals surface area contributed by atoms with Gasteiger partial charge in [-0.1, -0.05) is 18.2 Å². The number of nitrogens with zero attached hydrogens (tertiary/aromatic N) is 1. The number of nitrogens with one attached hydrogen (secondary N) is 1. The van der Waals surface area contributed by atoms with Gasteiger partial charge in [-0.05, 0) is 43.2 Å². The lowest BCUT2D eigenvalue weighted by Gasteiger charge is -2.31. The SMILES string of the molecule is COc1cccc(C(=O)N2CCC(C(=O)Nc3ccccc3C(F)(F)F)CC2)c1. The van der Waals surface area contributed by atoms with Crippen LogP contribution in [0, 0.1) is 5.92 Å². The predicted octanol–water partition coefficient (Wildman–Crippen LogP) is 4.20. The summed E-state index contributed by atoms with van der Waals surface area (Å²) >= 11 is 0. The molecule has 2 amide bonds. The number of carbonyl (C=O) groups excluding carboxylic acids is 2. The molecule has 1 N–H and O–H groups in total. The van der Waals surface area contributed by atoms with Crippen LogP contribution >= 0.6 is 0 Å². The van der Waals surface area contributed by atoms with E-state index in [0.717, 1.165) is 6.07 Å². The van der Waals surface area contributed by atoms with Crippen molar-refractivity contribution in [2.45, 2.75) is 19.0 Å². The fourth-order valence-corrected chi connectivity index (χ4v) is 3.36. The van der Waals surface area contributed by atoms with Gasteiger partial charge >= 0.3 is 6.18 Å². The molecule has 0 radical (unpaired) electrons. The van der Waals surface area contributed by atoms with Crippen molar-refractivity contribution in [3.63, 3.8) is 0 Å². The largest absolute Gasteiger partial charge is 0.497 e. The van der Waals surface area contributed by atoms with Gasteiger partial charge in [-0.15, -0.1) is 0 Å². The zero-order valence-electron chi connectivity index (χ0n) is 15.8. The van der Waals surface area contributed by atoms with Gasteiger partial charge in [0.05, 0.1) is 18.4 Å². The van der Waals surface area contributed by atoms with Crippen LogP contribution in [0.3, 0.4) is 0 Å². The first kappa shape index (κ1) is 20.7. The lowest BCUT2D eigenvalue weighted by atomic mass is 9.95. The van der Waals surface area contributed by atoms with Crippen LogP contribution in [0.1, 0.15) is 28.8 Å². The number of carbonyl (C=O) groups is 2. The number of halogens is 3. The van der Waals surface area contributed by atoms with Crippen molar-refractivity contribution in [1.82, 2.24) is 4.90 Å². The minimum Gasteiger partial charge on any atom is -0.497 e. The monoisotopic (exact) mass is 406 g/mol. The minimum absolute atomic E-state index is 0.162. The zero-order valence-corrected chi connectivity index (χ0v) is 15.8. The Kier molecular flexibility index (Phi) is 6.10. The number of rotatable bonds is 4. The Balaban J connectivity index is 1.61. The van der Waals surface area contributed by atoms with E-state index in [1.54, 1.807) is 29.2 Å². The summed E-state index contributed by atoms with van der Waals surface area (Å²) in [6, 6.07) is 11.7. The van der Waals surface area contributed by atoms with E-state index in [1.807, 2.05) is 0 Å². The van der Waals surface area contributed by atoms with E-state index in [2.05, 4.69) is 5.32 Å². The van der Waals surface area contributed by atoms with E-state index in [-0.39, 0.29) is 11.6 Å². The van der Waals surface area contributed by atoms with Crippen LogP contribution in [-0.2, 0) is 11.0 Å². The van der Waals surface area contributed by atoms with Crippen molar-refractivity contribution in [3.8, 4) is 5.75 Å². The van der Waals surface area contributed by atoms with Crippen LogP contribution in [0.15, 0.2) is 48.5 Å². The van der Waals surface area contributed by atoms with Crippen molar-refractivity contribution in [3.05, 3.63) is 59.7 Å². The first-order valence-corrected chi connectivity index (χ1v) is 9.20. The Hall–Kier alpha value is -3.03. The van der Waals surface area contributed by atoms with Crippen LogP contribution in [-0.4, -0.2) is 36.9 Å². The van der Waals surface area contributed by atoms with E-state index in [9.17, 15) is 22.8 Å². The Bertz CT molecular complexity index is 891. The number of piperidine rings is 1. The smallest absolute Gasteiger partial charge is 0.418 e. The van der Waals surface area contributed by atoms with E-state index in [0.29, 0.717) is 37.2 Å². The normalized spacial score (nSPS) is 15.1. The Morgan fingerprint density at radius 1 is 1.07 bits per heavy atom. The summed E-state index contributed by atoms with van der Waals surface area (Å²) in [5.41, 5.74) is -0.634. The third kappa shape index (κ3) is 4.88. The molecule has 1 saturated heterocycles. The molecule has 0 saturated carbocycles. The summed E-state index contributed by atoms with van der Waals surface area (Å²) in [4.78, 5) is 26.8. The number of benzene rings is 2. The number of anilines is 1. The highest BCUT2D eigenvalue weighted by Gasteiger charge is 2.34. The standard InChI is InChI=1S/C21H21F3N2O3/c1-29-16-6-4-5-15(13-16)20(28)26-11-9-14(10-12-26)19(27)25-18-8-3-2-7-17(18)21(22,23)24/h2-8,13-14H,9-12H2,1H3,(H,25,27). The fourth-order valence-electron chi connectivity index (χ4n) is 3.36. The van der Waals surface area contributed by atoms with E-state index in [4.69, 9.17) is 4.74 Å². The van der Waals surface area contributed by atoms with Gasteiger partial charge in [0.1, 0.15) is 5.75 Å². The van der Waals surface area contributed by atoms with Gasteiger partial charge in [0.2, 0.25) is 5.91 Å². The average molecular weight is 406 g/mol. The van der Waals surface area contributed by atoms with Crippen LogP contribution in [0.2, 0.25) is 0 Å². The summed E-state index contributed by atoms with van der Waals surface area (Å²) in [6.45, 7) is 0.712. The van der Waals surface area contributed by atoms with Crippen LogP contribution in [0.5, 0.6) is 5.75 Å². The van der Waals surface area contributed by atoms with Gasteiger partial charge in [-0.25, -0.2) is 0 Å². The minimum atomic E-state index is -4.55. The van der Waals surface area contributed by atoms with Gasteiger partial charge in [0.25, 0.3) is 5.91 Å². The van der Waals surface area contributed by atoms with Gasteiger partial charge in [0.15, 0.2) is 0 Å². The number of likely N-dealkylation sites (tertiary alicyclic amines) is 1. The average Bonchev–Trinajstić information content (AvgIpc) is 2.73. The van der Waals surface area contributed by atoms with Crippen LogP contribution in [0.25, 0.3) is 0 Å². The molecule has 0 unspecified atom stereocenters. The lowest BCUT2D eigenvalue weighted by molar-refractivity contribution is -0.137. The zero-order chi connectivity index (χ0) is 21.0. The second kappa shape index (κ2) is 8.55. The maximum absolute atomic E-state index is 13.1. The number of hydrogen-bond donors (Lipinski definition) is 1. The molecule has 0 spiro atoms. The molecule has 0 aromatic heterocycles. The van der Waals surface area contributed by atoms with Gasteiger partial charge in [0, 0.05) is 24.6 Å². The summed E-state index contributed by atoms with van der Waals surface area (Å²) in [6.07, 6.45) is -3.78. The summed E-state index contributed by atoms with van der Waals surface area (Å²) in [5.74, 6) is -0.501. The maximum Gasteiger partial charge on any atom is 0.418 e. The number of alkyl halides is 3. The van der Waals surface area contributed by atoms with Gasteiger partial charge in [-0.2, -0.15) is 13.2 Å². The highest BCUT2D eigenvalue weighted by Crippen LogP contribution is 2.35. The molecular formula is C21H21F3N2O3. The van der Waals surface area contributed by atoms with Crippen molar-refractivity contribution in [2.24, 2.45) is 5.92 Å². The predicted molar refractivity (Wildman–Crippen MR) is 102 cm³/mol. The highest BCUT2D eigenvalue weighted by molar-refractivity contribution is 5.96. The van der Waals surface area contributed by atoms with Crippen molar-refractivity contribution >= 4 is 17.5 Å². The molecule has 8 heteroatoms. The van der Waals surface area contributed by atoms with Gasteiger partial charge < -0.3 is 15.0 Å². The quantitative estimate of drug-likeness (QED) is 0.828. The first-order valence-electron chi connectivity index (χ1n) is 9.20. The molecular weight excluding hydrogens is 385 g/mol. The van der Waals surface area contributed by atoms with Crippen molar-refractivity contribution in [1.29, 1.82) is 0 Å². The van der Waals surface area contributed by atoms with Crippen molar-refractivity contribution in [2.75, 3.05) is 25.5 Å². The van der Waals surface area contributed by atoms with E-state index < -0.39 is 23.6 Å². The summed E-state index contributed by atoms with van der Waals surface area (Å²) in [7, 11) is 1.52. The molecule has 2 aromatic rings. The Labute approximate surface area is 166 Å². The number of amides is 2. The van der Waals surface area contributed by atoms with Crippen molar-refractivity contribution < 1.29 is 27.5 Å². The van der Waals surface area contributed by atoms with E-state index >= 15 is 0 Å². The molecule has 29 heavy (non-hydrogen) atoms. The number of para-hydroxylation sites is 1. The molecule has 1 fully saturated rings. The second-order valence-electron chi connectivity index (χ2n) is 6.83. The Morgan fingerprint density at radius 3 is 2.41 bits per heavy atom. The van der Waals surface area contributed by atoms with Crippen LogP contribution in [0.4, 0.5) is 18.9 Å². The maximum atomic E-state index is 13.1. The molecule has 0 atom stereocenters. The number of hydrogen-bond acceptors (Lipinski definition) is 3. The molecule has 1 aliphatic rings. The third-order valence-electron chi connectivity index (χ3n) is 4.96. The number of methoxy groups -OCH3 is 1. The van der Waals surface area contributed by atoms with Crippen LogP contribution < -0.4 is 10.1 Å². The number of ether oxygens (including phenoxy) is 1. The molecule has 3 rings (SSSR count). The van der Waals surface area contributed by atoms with Gasteiger partial charge in [-0.3, -0.25) is 9.59 Å².